The van der Waals surface area contributed by atoms with Crippen LogP contribution in [-0.4, -0.2) is 12.6 Å². The lowest BCUT2D eigenvalue weighted by Gasteiger charge is -2.10. The van der Waals surface area contributed by atoms with Crippen LogP contribution in [0.4, 0.5) is 0 Å². The molecule has 0 radical (unpaired) electrons. The monoisotopic (exact) mass is 240 g/mol. The molecule has 0 aromatic carbocycles. The smallest absolute Gasteiger partial charge is 0.0299 e. The van der Waals surface area contributed by atoms with Gasteiger partial charge in [0.25, 0.3) is 0 Å². The zero-order valence-corrected chi connectivity index (χ0v) is 11.3. The molecular weight excluding hydrogens is 216 g/mol. The van der Waals surface area contributed by atoms with Gasteiger partial charge in [0.05, 0.1) is 0 Å². The predicted octanol–water partition coefficient (Wildman–Crippen LogP) is 2.92. The summed E-state index contributed by atoms with van der Waals surface area (Å²) >= 11 is 1.91. The molecule has 0 bridgehead atoms. The lowest BCUT2D eigenvalue weighted by Crippen LogP contribution is -2.26. The van der Waals surface area contributed by atoms with Crippen molar-refractivity contribution in [2.24, 2.45) is 5.73 Å². The second-order valence-corrected chi connectivity index (χ2v) is 5.49. The Morgan fingerprint density at radius 3 is 2.62 bits per heavy atom. The Hall–Kier alpha value is -0.380. The third kappa shape index (κ3) is 5.10. The van der Waals surface area contributed by atoms with Crippen LogP contribution in [0, 0.1) is 0 Å². The number of nitrogens with two attached hydrogens (primary N) is 1. The van der Waals surface area contributed by atoms with Gasteiger partial charge in [-0.2, -0.15) is 0 Å². The van der Waals surface area contributed by atoms with Crippen molar-refractivity contribution in [3.05, 3.63) is 21.9 Å². The number of thiophene rings is 1. The Balaban J connectivity index is 2.11. The molecule has 3 N–H and O–H groups in total. The van der Waals surface area contributed by atoms with Crippen molar-refractivity contribution in [3.63, 3.8) is 0 Å². The third-order valence-electron chi connectivity index (χ3n) is 2.72. The molecule has 0 saturated heterocycles. The van der Waals surface area contributed by atoms with Crippen molar-refractivity contribution in [2.45, 2.75) is 52.1 Å². The molecule has 1 aromatic heterocycles. The van der Waals surface area contributed by atoms with Gasteiger partial charge in [0, 0.05) is 22.3 Å². The van der Waals surface area contributed by atoms with E-state index in [0.29, 0.717) is 6.04 Å². The van der Waals surface area contributed by atoms with Gasteiger partial charge in [-0.25, -0.2) is 0 Å². The molecule has 1 aromatic rings. The van der Waals surface area contributed by atoms with Crippen LogP contribution >= 0.6 is 11.3 Å². The highest BCUT2D eigenvalue weighted by Crippen LogP contribution is 2.16. The van der Waals surface area contributed by atoms with Gasteiger partial charge in [-0.15, -0.1) is 11.3 Å². The van der Waals surface area contributed by atoms with E-state index in [1.54, 1.807) is 0 Å². The highest BCUT2D eigenvalue weighted by atomic mass is 32.1. The molecule has 0 aliphatic heterocycles. The summed E-state index contributed by atoms with van der Waals surface area (Å²) in [6.07, 6.45) is 4.55. The molecule has 3 heteroatoms. The van der Waals surface area contributed by atoms with E-state index < -0.39 is 0 Å². The summed E-state index contributed by atoms with van der Waals surface area (Å²) in [6, 6.07) is 4.82. The molecule has 1 rings (SSSR count). The third-order valence-corrected chi connectivity index (χ3v) is 3.95. The van der Waals surface area contributed by atoms with Crippen molar-refractivity contribution in [3.8, 4) is 0 Å². The number of nitrogens with one attached hydrogen (secondary N) is 1. The van der Waals surface area contributed by atoms with Crippen LogP contribution in [0.3, 0.4) is 0 Å². The minimum atomic E-state index is 0.368. The van der Waals surface area contributed by atoms with Crippen LogP contribution < -0.4 is 11.1 Å². The lowest BCUT2D eigenvalue weighted by molar-refractivity contribution is 0.528. The van der Waals surface area contributed by atoms with Crippen LogP contribution in [-0.2, 0) is 13.0 Å². The molecule has 2 nitrogen and oxygen atoms in total. The fourth-order valence-electron chi connectivity index (χ4n) is 1.72. The standard InChI is InChI=1S/C13H24N2S/c1-3-5-11(14)8-9-15-10-13-7-6-12(4-2)16-13/h6-7,11,15H,3-5,8-10,14H2,1-2H3. The Bertz CT molecular complexity index is 283. The van der Waals surface area contributed by atoms with E-state index in [1.807, 2.05) is 11.3 Å². The van der Waals surface area contributed by atoms with Gasteiger partial charge in [0.15, 0.2) is 0 Å². The Morgan fingerprint density at radius 1 is 1.25 bits per heavy atom. The topological polar surface area (TPSA) is 38.0 Å². The minimum Gasteiger partial charge on any atom is -0.328 e. The van der Waals surface area contributed by atoms with E-state index in [-0.39, 0.29) is 0 Å². The van der Waals surface area contributed by atoms with Crippen molar-refractivity contribution >= 4 is 11.3 Å². The van der Waals surface area contributed by atoms with E-state index >= 15 is 0 Å². The van der Waals surface area contributed by atoms with Gasteiger partial charge < -0.3 is 11.1 Å². The van der Waals surface area contributed by atoms with Crippen LogP contribution in [0.15, 0.2) is 12.1 Å². The second kappa shape index (κ2) is 7.82. The first-order chi connectivity index (χ1) is 7.76. The molecule has 1 heterocycles. The SMILES string of the molecule is CCCC(N)CCNCc1ccc(CC)s1. The Labute approximate surface area is 103 Å². The maximum atomic E-state index is 5.95. The van der Waals surface area contributed by atoms with Gasteiger partial charge in [0.2, 0.25) is 0 Å². The maximum absolute atomic E-state index is 5.95. The van der Waals surface area contributed by atoms with E-state index in [9.17, 15) is 0 Å². The minimum absolute atomic E-state index is 0.368. The first kappa shape index (κ1) is 13.7. The van der Waals surface area contributed by atoms with E-state index in [0.717, 1.165) is 32.4 Å². The predicted molar refractivity (Wildman–Crippen MR) is 72.9 cm³/mol. The fourth-order valence-corrected chi connectivity index (χ4v) is 2.65. The summed E-state index contributed by atoms with van der Waals surface area (Å²) in [4.78, 5) is 2.90. The largest absolute Gasteiger partial charge is 0.328 e. The van der Waals surface area contributed by atoms with E-state index in [2.05, 4.69) is 31.3 Å². The quantitative estimate of drug-likeness (QED) is 0.686. The first-order valence-corrected chi connectivity index (χ1v) is 7.11. The van der Waals surface area contributed by atoms with E-state index in [4.69, 9.17) is 5.73 Å². The summed E-state index contributed by atoms with van der Waals surface area (Å²) < 4.78 is 0. The maximum Gasteiger partial charge on any atom is 0.0299 e. The molecule has 1 unspecified atom stereocenters. The number of rotatable bonds is 8. The molecule has 0 fully saturated rings. The highest BCUT2D eigenvalue weighted by Gasteiger charge is 2.01. The summed E-state index contributed by atoms with van der Waals surface area (Å²) in [5.74, 6) is 0. The molecule has 0 saturated carbocycles. The zero-order chi connectivity index (χ0) is 11.8. The van der Waals surface area contributed by atoms with E-state index in [1.165, 1.54) is 16.2 Å². The first-order valence-electron chi connectivity index (χ1n) is 6.30. The molecule has 0 aliphatic rings. The lowest BCUT2D eigenvalue weighted by atomic mass is 10.1. The molecule has 1 atom stereocenters. The zero-order valence-electron chi connectivity index (χ0n) is 10.5. The second-order valence-electron chi connectivity index (χ2n) is 4.24. The molecular formula is C13H24N2S. The van der Waals surface area contributed by atoms with Gasteiger partial charge >= 0.3 is 0 Å². The van der Waals surface area contributed by atoms with Crippen molar-refractivity contribution in [1.82, 2.24) is 5.32 Å². The molecule has 92 valence electrons. The van der Waals surface area contributed by atoms with Crippen LogP contribution in [0.1, 0.15) is 42.9 Å². The Morgan fingerprint density at radius 2 is 2.00 bits per heavy atom. The van der Waals surface area contributed by atoms with Gasteiger partial charge in [-0.3, -0.25) is 0 Å². The fraction of sp³-hybridized carbons (Fsp3) is 0.692. The van der Waals surface area contributed by atoms with Crippen LogP contribution in [0.2, 0.25) is 0 Å². The molecule has 0 spiro atoms. The van der Waals surface area contributed by atoms with Crippen LogP contribution in [0.25, 0.3) is 0 Å². The average molecular weight is 240 g/mol. The summed E-state index contributed by atoms with van der Waals surface area (Å²) in [5, 5.41) is 3.46. The van der Waals surface area contributed by atoms with Gasteiger partial charge in [-0.05, 0) is 37.9 Å². The summed E-state index contributed by atoms with van der Waals surface area (Å²) in [6.45, 7) is 6.40. The molecule has 0 amide bonds. The number of aryl methyl sites for hydroxylation is 1. The molecule has 16 heavy (non-hydrogen) atoms. The van der Waals surface area contributed by atoms with Gasteiger partial charge in [-0.1, -0.05) is 20.3 Å². The summed E-state index contributed by atoms with van der Waals surface area (Å²) in [7, 11) is 0. The van der Waals surface area contributed by atoms with Crippen LogP contribution in [0.5, 0.6) is 0 Å². The highest BCUT2D eigenvalue weighted by molar-refractivity contribution is 7.11. The average Bonchev–Trinajstić information content (AvgIpc) is 2.73. The Kier molecular flexibility index (Phi) is 6.69. The van der Waals surface area contributed by atoms with Crippen molar-refractivity contribution in [2.75, 3.05) is 6.54 Å². The van der Waals surface area contributed by atoms with Gasteiger partial charge in [0.1, 0.15) is 0 Å². The normalized spacial score (nSPS) is 12.9. The van der Waals surface area contributed by atoms with Crippen molar-refractivity contribution < 1.29 is 0 Å². The van der Waals surface area contributed by atoms with Crippen molar-refractivity contribution in [1.29, 1.82) is 0 Å². The molecule has 0 aliphatic carbocycles. The number of hydrogen-bond acceptors (Lipinski definition) is 3. The summed E-state index contributed by atoms with van der Waals surface area (Å²) in [5.41, 5.74) is 5.95. The number of hydrogen-bond donors (Lipinski definition) is 2.